The van der Waals surface area contributed by atoms with Gasteiger partial charge in [0.05, 0.1) is 25.2 Å². The van der Waals surface area contributed by atoms with Gasteiger partial charge in [0, 0.05) is 12.5 Å². The predicted molar refractivity (Wildman–Crippen MR) is 98.5 cm³/mol. The van der Waals surface area contributed by atoms with Gasteiger partial charge in [0.25, 0.3) is 5.91 Å². The summed E-state index contributed by atoms with van der Waals surface area (Å²) in [4.78, 5) is 23.8. The summed E-state index contributed by atoms with van der Waals surface area (Å²) in [6.45, 7) is 1.80. The van der Waals surface area contributed by atoms with Crippen LogP contribution in [0.4, 0.5) is 0 Å². The third kappa shape index (κ3) is 7.09. The topological polar surface area (TPSA) is 108 Å². The lowest BCUT2D eigenvalue weighted by Gasteiger charge is -2.16. The molecule has 1 N–H and O–H groups in total. The summed E-state index contributed by atoms with van der Waals surface area (Å²) in [6, 6.07) is 6.68. The molecule has 1 aliphatic heterocycles. The fourth-order valence-electron chi connectivity index (χ4n) is 2.62. The summed E-state index contributed by atoms with van der Waals surface area (Å²) < 4.78 is 38.4. The minimum Gasteiger partial charge on any atom is -0.497 e. The highest BCUT2D eigenvalue weighted by Crippen LogP contribution is 2.17. The zero-order chi connectivity index (χ0) is 19.9. The summed E-state index contributed by atoms with van der Waals surface area (Å²) in [6.07, 6.45) is -0.0216. The van der Waals surface area contributed by atoms with Crippen LogP contribution in [0.15, 0.2) is 24.3 Å². The SMILES string of the molecule is COc1ccc(OCCCC(=O)O[C@@H](C)C(=O)N[C@@H]2CCS(=O)(=O)C2)cc1. The molecule has 1 aromatic rings. The van der Waals surface area contributed by atoms with E-state index in [1.807, 2.05) is 0 Å². The van der Waals surface area contributed by atoms with E-state index in [-0.39, 0.29) is 17.9 Å². The maximum Gasteiger partial charge on any atom is 0.306 e. The molecule has 0 aliphatic carbocycles. The Morgan fingerprint density at radius 3 is 2.48 bits per heavy atom. The average molecular weight is 399 g/mol. The van der Waals surface area contributed by atoms with Crippen LogP contribution < -0.4 is 14.8 Å². The molecular weight excluding hydrogens is 374 g/mol. The smallest absolute Gasteiger partial charge is 0.306 e. The molecule has 1 aliphatic rings. The molecule has 2 rings (SSSR count). The molecule has 1 saturated heterocycles. The Morgan fingerprint density at radius 2 is 1.89 bits per heavy atom. The number of sulfone groups is 1. The van der Waals surface area contributed by atoms with Crippen LogP contribution >= 0.6 is 0 Å². The van der Waals surface area contributed by atoms with E-state index in [1.54, 1.807) is 31.4 Å². The van der Waals surface area contributed by atoms with Crippen LogP contribution in [-0.2, 0) is 24.2 Å². The van der Waals surface area contributed by atoms with Gasteiger partial charge in [-0.2, -0.15) is 0 Å². The lowest BCUT2D eigenvalue weighted by molar-refractivity contribution is -0.155. The zero-order valence-electron chi connectivity index (χ0n) is 15.5. The van der Waals surface area contributed by atoms with Crippen molar-refractivity contribution >= 4 is 21.7 Å². The number of rotatable bonds is 9. The first-order chi connectivity index (χ1) is 12.8. The molecule has 1 amide bonds. The van der Waals surface area contributed by atoms with E-state index < -0.39 is 33.9 Å². The number of benzene rings is 1. The van der Waals surface area contributed by atoms with Crippen LogP contribution in [0, 0.1) is 0 Å². The third-order valence-electron chi connectivity index (χ3n) is 4.11. The number of hydrogen-bond acceptors (Lipinski definition) is 7. The van der Waals surface area contributed by atoms with Gasteiger partial charge in [-0.1, -0.05) is 0 Å². The molecule has 2 atom stereocenters. The molecule has 0 unspecified atom stereocenters. The van der Waals surface area contributed by atoms with E-state index in [2.05, 4.69) is 5.32 Å². The third-order valence-corrected chi connectivity index (χ3v) is 5.88. The normalized spacial score (nSPS) is 19.1. The van der Waals surface area contributed by atoms with Crippen molar-refractivity contribution in [3.05, 3.63) is 24.3 Å². The highest BCUT2D eigenvalue weighted by molar-refractivity contribution is 7.91. The number of carbonyl (C=O) groups is 2. The van der Waals surface area contributed by atoms with Crippen LogP contribution in [0.1, 0.15) is 26.2 Å². The van der Waals surface area contributed by atoms with Crippen LogP contribution in [0.25, 0.3) is 0 Å². The Kier molecular flexibility index (Phi) is 7.46. The summed E-state index contributed by atoms with van der Waals surface area (Å²) >= 11 is 0. The highest BCUT2D eigenvalue weighted by Gasteiger charge is 2.30. The fourth-order valence-corrected chi connectivity index (χ4v) is 4.29. The Hall–Kier alpha value is -2.29. The van der Waals surface area contributed by atoms with Gasteiger partial charge in [0.1, 0.15) is 11.5 Å². The van der Waals surface area contributed by atoms with Crippen LogP contribution in [0.3, 0.4) is 0 Å². The molecule has 0 saturated carbocycles. The van der Waals surface area contributed by atoms with E-state index in [0.29, 0.717) is 25.2 Å². The van der Waals surface area contributed by atoms with Gasteiger partial charge in [-0.15, -0.1) is 0 Å². The molecule has 0 bridgehead atoms. The first-order valence-electron chi connectivity index (χ1n) is 8.76. The van der Waals surface area contributed by atoms with Crippen molar-refractivity contribution in [2.45, 2.75) is 38.3 Å². The molecule has 27 heavy (non-hydrogen) atoms. The van der Waals surface area contributed by atoms with Gasteiger partial charge in [0.2, 0.25) is 0 Å². The van der Waals surface area contributed by atoms with E-state index in [0.717, 1.165) is 5.75 Å². The van der Waals surface area contributed by atoms with Crippen molar-refractivity contribution in [3.63, 3.8) is 0 Å². The Labute approximate surface area is 159 Å². The van der Waals surface area contributed by atoms with E-state index in [9.17, 15) is 18.0 Å². The quantitative estimate of drug-likeness (QED) is 0.489. The molecule has 1 fully saturated rings. The first-order valence-corrected chi connectivity index (χ1v) is 10.6. The molecule has 0 spiro atoms. The maximum absolute atomic E-state index is 12.0. The second-order valence-electron chi connectivity index (χ2n) is 6.37. The summed E-state index contributed by atoms with van der Waals surface area (Å²) in [7, 11) is -1.49. The first kappa shape index (κ1) is 21.0. The number of carbonyl (C=O) groups excluding carboxylic acids is 2. The van der Waals surface area contributed by atoms with Crippen molar-refractivity contribution in [2.75, 3.05) is 25.2 Å². The van der Waals surface area contributed by atoms with Crippen molar-refractivity contribution in [3.8, 4) is 11.5 Å². The average Bonchev–Trinajstić information content (AvgIpc) is 2.97. The van der Waals surface area contributed by atoms with Gasteiger partial charge in [0.15, 0.2) is 15.9 Å². The van der Waals surface area contributed by atoms with Crippen molar-refractivity contribution in [2.24, 2.45) is 0 Å². The Balaban J connectivity index is 1.63. The molecule has 150 valence electrons. The van der Waals surface area contributed by atoms with Gasteiger partial charge < -0.3 is 19.5 Å². The van der Waals surface area contributed by atoms with Crippen molar-refractivity contribution in [1.82, 2.24) is 5.32 Å². The summed E-state index contributed by atoms with van der Waals surface area (Å²) in [5.74, 6) is 0.411. The largest absolute Gasteiger partial charge is 0.497 e. The second kappa shape index (κ2) is 9.59. The lowest BCUT2D eigenvalue weighted by atomic mass is 10.2. The number of hydrogen-bond donors (Lipinski definition) is 1. The molecule has 9 heteroatoms. The van der Waals surface area contributed by atoms with E-state index >= 15 is 0 Å². The molecule has 1 heterocycles. The van der Waals surface area contributed by atoms with E-state index in [4.69, 9.17) is 14.2 Å². The highest BCUT2D eigenvalue weighted by atomic mass is 32.2. The molecule has 0 radical (unpaired) electrons. The van der Waals surface area contributed by atoms with Crippen molar-refractivity contribution in [1.29, 1.82) is 0 Å². The Bertz CT molecular complexity index is 745. The van der Waals surface area contributed by atoms with Crippen LogP contribution in [0.2, 0.25) is 0 Å². The van der Waals surface area contributed by atoms with Gasteiger partial charge in [-0.25, -0.2) is 8.42 Å². The minimum atomic E-state index is -3.08. The molecule has 8 nitrogen and oxygen atoms in total. The van der Waals surface area contributed by atoms with Gasteiger partial charge >= 0.3 is 5.97 Å². The summed E-state index contributed by atoms with van der Waals surface area (Å²) in [5.41, 5.74) is 0. The monoisotopic (exact) mass is 399 g/mol. The molecule has 1 aromatic carbocycles. The standard InChI is InChI=1S/C18H25NO7S/c1-13(18(21)19-14-9-11-27(22,23)12-14)26-17(20)4-3-10-25-16-7-5-15(24-2)6-8-16/h5-8,13-14H,3-4,9-12H2,1-2H3,(H,19,21)/t13-,14+/m0/s1. The Morgan fingerprint density at radius 1 is 1.22 bits per heavy atom. The lowest BCUT2D eigenvalue weighted by Crippen LogP contribution is -2.42. The fraction of sp³-hybridized carbons (Fsp3) is 0.556. The number of nitrogens with one attached hydrogen (secondary N) is 1. The predicted octanol–water partition coefficient (Wildman–Crippen LogP) is 1.09. The number of esters is 1. The number of ether oxygens (including phenoxy) is 3. The second-order valence-corrected chi connectivity index (χ2v) is 8.60. The minimum absolute atomic E-state index is 0.0674. The number of methoxy groups -OCH3 is 1. The van der Waals surface area contributed by atoms with Crippen LogP contribution in [-0.4, -0.2) is 57.7 Å². The van der Waals surface area contributed by atoms with E-state index in [1.165, 1.54) is 6.92 Å². The van der Waals surface area contributed by atoms with Crippen LogP contribution in [0.5, 0.6) is 11.5 Å². The van der Waals surface area contributed by atoms with Crippen molar-refractivity contribution < 1.29 is 32.2 Å². The van der Waals surface area contributed by atoms with Gasteiger partial charge in [-0.05, 0) is 44.0 Å². The summed E-state index contributed by atoms with van der Waals surface area (Å²) in [5, 5.41) is 2.61. The zero-order valence-corrected chi connectivity index (χ0v) is 16.3. The molecular formula is C18H25NO7S. The number of amides is 1. The van der Waals surface area contributed by atoms with Gasteiger partial charge in [-0.3, -0.25) is 9.59 Å². The molecule has 0 aromatic heterocycles. The maximum atomic E-state index is 12.0.